The summed E-state index contributed by atoms with van der Waals surface area (Å²) in [7, 11) is 0. The molecule has 0 aromatic carbocycles. The SMILES string of the molecule is CCCC[n+]1ccn(CC[n+]2ccn(CC)c2)c1. The summed E-state index contributed by atoms with van der Waals surface area (Å²) in [6.07, 6.45) is 15.4. The minimum atomic E-state index is 1.02. The van der Waals surface area contributed by atoms with Crippen molar-refractivity contribution in [1.29, 1.82) is 0 Å². The van der Waals surface area contributed by atoms with E-state index in [9.17, 15) is 0 Å². The molecule has 0 radical (unpaired) electrons. The lowest BCUT2D eigenvalue weighted by Crippen LogP contribution is -2.34. The molecule has 2 aromatic heterocycles. The van der Waals surface area contributed by atoms with Crippen LogP contribution in [-0.2, 0) is 26.2 Å². The average Bonchev–Trinajstić information content (AvgIpc) is 3.03. The molecule has 0 amide bonds. The minimum Gasteiger partial charge on any atom is -0.237 e. The Balaban J connectivity index is 1.84. The van der Waals surface area contributed by atoms with Gasteiger partial charge in [-0.2, -0.15) is 0 Å². The molecule has 0 spiro atoms. The van der Waals surface area contributed by atoms with E-state index in [1.54, 1.807) is 0 Å². The van der Waals surface area contributed by atoms with Crippen LogP contribution in [0.15, 0.2) is 37.4 Å². The smallest absolute Gasteiger partial charge is 0.237 e. The first kappa shape index (κ1) is 12.9. The number of aryl methyl sites for hydroxylation is 4. The molecule has 2 rings (SSSR count). The summed E-state index contributed by atoms with van der Waals surface area (Å²) in [6.45, 7) is 8.60. The molecule has 0 atom stereocenters. The summed E-state index contributed by atoms with van der Waals surface area (Å²) in [5.74, 6) is 0. The van der Waals surface area contributed by atoms with Crippen LogP contribution in [0.25, 0.3) is 0 Å². The molecular formula is C14H24N4+2. The van der Waals surface area contributed by atoms with E-state index in [1.807, 2.05) is 0 Å². The zero-order valence-electron chi connectivity index (χ0n) is 11.5. The molecule has 4 heteroatoms. The molecule has 0 fully saturated rings. The number of hydrogen-bond acceptors (Lipinski definition) is 0. The van der Waals surface area contributed by atoms with Gasteiger partial charge < -0.3 is 0 Å². The highest BCUT2D eigenvalue weighted by Gasteiger charge is 2.06. The molecular weight excluding hydrogens is 224 g/mol. The van der Waals surface area contributed by atoms with Crippen molar-refractivity contribution >= 4 is 0 Å². The normalized spacial score (nSPS) is 11.0. The molecule has 0 aliphatic heterocycles. The van der Waals surface area contributed by atoms with E-state index in [-0.39, 0.29) is 0 Å². The van der Waals surface area contributed by atoms with E-state index >= 15 is 0 Å². The molecule has 0 saturated heterocycles. The average molecular weight is 248 g/mol. The number of rotatable bonds is 7. The zero-order valence-corrected chi connectivity index (χ0v) is 11.5. The predicted octanol–water partition coefficient (Wildman–Crippen LogP) is 1.38. The number of unbranched alkanes of at least 4 members (excludes halogenated alkanes) is 1. The number of aromatic nitrogens is 4. The molecule has 0 unspecified atom stereocenters. The summed E-state index contributed by atoms with van der Waals surface area (Å²) in [4.78, 5) is 0. The highest BCUT2D eigenvalue weighted by Crippen LogP contribution is 1.90. The lowest BCUT2D eigenvalue weighted by Gasteiger charge is -1.94. The lowest BCUT2D eigenvalue weighted by molar-refractivity contribution is -0.702. The third-order valence-electron chi connectivity index (χ3n) is 3.24. The first-order valence-corrected chi connectivity index (χ1v) is 6.91. The fourth-order valence-electron chi connectivity index (χ4n) is 2.03. The Morgan fingerprint density at radius 3 is 2.22 bits per heavy atom. The van der Waals surface area contributed by atoms with Gasteiger partial charge in [0.05, 0.1) is 13.1 Å². The second kappa shape index (κ2) is 6.38. The van der Waals surface area contributed by atoms with Gasteiger partial charge >= 0.3 is 0 Å². The lowest BCUT2D eigenvalue weighted by atomic mass is 10.3. The summed E-state index contributed by atoms with van der Waals surface area (Å²) in [5.41, 5.74) is 0. The first-order chi connectivity index (χ1) is 8.81. The third-order valence-corrected chi connectivity index (χ3v) is 3.24. The molecule has 0 saturated carbocycles. The second-order valence-electron chi connectivity index (χ2n) is 4.72. The summed E-state index contributed by atoms with van der Waals surface area (Å²) in [6, 6.07) is 0. The van der Waals surface area contributed by atoms with Crippen LogP contribution in [0.3, 0.4) is 0 Å². The fraction of sp³-hybridized carbons (Fsp3) is 0.571. The molecule has 0 aliphatic carbocycles. The first-order valence-electron chi connectivity index (χ1n) is 6.91. The van der Waals surface area contributed by atoms with Gasteiger partial charge in [0.15, 0.2) is 0 Å². The molecule has 4 nitrogen and oxygen atoms in total. The quantitative estimate of drug-likeness (QED) is 0.659. The van der Waals surface area contributed by atoms with Crippen molar-refractivity contribution in [3.8, 4) is 0 Å². The zero-order chi connectivity index (χ0) is 12.8. The topological polar surface area (TPSA) is 17.6 Å². The van der Waals surface area contributed by atoms with E-state index in [4.69, 9.17) is 0 Å². The van der Waals surface area contributed by atoms with Gasteiger partial charge in [0.1, 0.15) is 37.9 Å². The van der Waals surface area contributed by atoms with Crippen molar-refractivity contribution in [3.63, 3.8) is 0 Å². The van der Waals surface area contributed by atoms with Crippen LogP contribution in [0.1, 0.15) is 26.7 Å². The van der Waals surface area contributed by atoms with Gasteiger partial charge in [0.2, 0.25) is 12.7 Å². The van der Waals surface area contributed by atoms with Gasteiger partial charge in [0, 0.05) is 0 Å². The van der Waals surface area contributed by atoms with E-state index in [0.717, 1.165) is 26.2 Å². The van der Waals surface area contributed by atoms with Gasteiger partial charge in [-0.1, -0.05) is 13.3 Å². The standard InChI is InChI=1S/C14H24N4/c1-3-5-6-16-9-10-18(14-16)12-11-17-8-7-15(4-2)13-17/h7-10,13-14H,3-6,11-12H2,1-2H3/q+2. The summed E-state index contributed by atoms with van der Waals surface area (Å²) < 4.78 is 8.95. The monoisotopic (exact) mass is 248 g/mol. The van der Waals surface area contributed by atoms with Gasteiger partial charge in [-0.3, -0.25) is 0 Å². The number of nitrogens with zero attached hydrogens (tertiary/aromatic N) is 4. The molecule has 2 aromatic rings. The highest BCUT2D eigenvalue weighted by atomic mass is 15.1. The maximum absolute atomic E-state index is 2.27. The van der Waals surface area contributed by atoms with Crippen molar-refractivity contribution in [2.24, 2.45) is 0 Å². The summed E-state index contributed by atoms with van der Waals surface area (Å²) >= 11 is 0. The number of hydrogen-bond donors (Lipinski definition) is 0. The maximum atomic E-state index is 2.27. The largest absolute Gasteiger partial charge is 0.243 e. The van der Waals surface area contributed by atoms with E-state index in [0.29, 0.717) is 0 Å². The molecule has 0 aliphatic rings. The van der Waals surface area contributed by atoms with E-state index < -0.39 is 0 Å². The maximum Gasteiger partial charge on any atom is 0.243 e. The van der Waals surface area contributed by atoms with Crippen molar-refractivity contribution in [2.45, 2.75) is 52.9 Å². The van der Waals surface area contributed by atoms with Gasteiger partial charge in [0.25, 0.3) is 0 Å². The van der Waals surface area contributed by atoms with Crippen LogP contribution < -0.4 is 9.13 Å². The van der Waals surface area contributed by atoms with Gasteiger partial charge in [-0.25, -0.2) is 18.3 Å². The highest BCUT2D eigenvalue weighted by molar-refractivity contribution is 4.67. The Kier molecular flexibility index (Phi) is 4.56. The number of imidazole rings is 2. The Morgan fingerprint density at radius 2 is 1.56 bits per heavy atom. The third kappa shape index (κ3) is 3.45. The van der Waals surface area contributed by atoms with E-state index in [2.05, 4.69) is 69.6 Å². The Morgan fingerprint density at radius 1 is 0.889 bits per heavy atom. The second-order valence-corrected chi connectivity index (χ2v) is 4.72. The van der Waals surface area contributed by atoms with Crippen LogP contribution >= 0.6 is 0 Å². The summed E-state index contributed by atoms with van der Waals surface area (Å²) in [5, 5.41) is 0. The Hall–Kier alpha value is -1.58. The Bertz CT molecular complexity index is 470. The predicted molar refractivity (Wildman–Crippen MR) is 69.8 cm³/mol. The molecule has 0 N–H and O–H groups in total. The van der Waals surface area contributed by atoms with Crippen LogP contribution in [0, 0.1) is 0 Å². The van der Waals surface area contributed by atoms with Crippen molar-refractivity contribution in [1.82, 2.24) is 9.13 Å². The van der Waals surface area contributed by atoms with Crippen molar-refractivity contribution in [3.05, 3.63) is 37.4 Å². The Labute approximate surface area is 109 Å². The minimum absolute atomic E-state index is 1.02. The van der Waals surface area contributed by atoms with Crippen LogP contribution in [0.4, 0.5) is 0 Å². The molecule has 98 valence electrons. The molecule has 18 heavy (non-hydrogen) atoms. The van der Waals surface area contributed by atoms with Gasteiger partial charge in [-0.15, -0.1) is 0 Å². The van der Waals surface area contributed by atoms with Gasteiger partial charge in [-0.05, 0) is 13.3 Å². The van der Waals surface area contributed by atoms with Crippen molar-refractivity contribution in [2.75, 3.05) is 0 Å². The fourth-order valence-corrected chi connectivity index (χ4v) is 2.03. The molecule has 0 bridgehead atoms. The molecule has 2 heterocycles. The van der Waals surface area contributed by atoms with Crippen LogP contribution in [0.2, 0.25) is 0 Å². The van der Waals surface area contributed by atoms with E-state index in [1.165, 1.54) is 12.8 Å². The van der Waals surface area contributed by atoms with Crippen LogP contribution in [-0.4, -0.2) is 9.13 Å². The van der Waals surface area contributed by atoms with Crippen LogP contribution in [0.5, 0.6) is 0 Å². The van der Waals surface area contributed by atoms with Crippen molar-refractivity contribution < 1.29 is 9.13 Å².